The van der Waals surface area contributed by atoms with Crippen LogP contribution in [0.1, 0.15) is 71.9 Å². The van der Waals surface area contributed by atoms with Crippen LogP contribution in [0.4, 0.5) is 0 Å². The molecule has 0 N–H and O–H groups in total. The van der Waals surface area contributed by atoms with Crippen molar-refractivity contribution in [3.63, 3.8) is 0 Å². The smallest absolute Gasteiger partial charge is 0.125 e. The minimum absolute atomic E-state index is 0.642. The van der Waals surface area contributed by atoms with E-state index in [1.54, 1.807) is 0 Å². The van der Waals surface area contributed by atoms with Crippen LogP contribution in [0.2, 0.25) is 0 Å². The Morgan fingerprint density at radius 3 is 2.04 bits per heavy atom. The lowest BCUT2D eigenvalue weighted by atomic mass is 9.79. The van der Waals surface area contributed by atoms with E-state index in [0.29, 0.717) is 6.61 Å². The van der Waals surface area contributed by atoms with Crippen LogP contribution in [0.3, 0.4) is 0 Å². The van der Waals surface area contributed by atoms with Gasteiger partial charge < -0.3 is 4.74 Å². The molecule has 0 radical (unpaired) electrons. The highest BCUT2D eigenvalue weighted by atomic mass is 16.5. The Kier molecular flexibility index (Phi) is 5.51. The van der Waals surface area contributed by atoms with Gasteiger partial charge in [-0.15, -0.1) is 0 Å². The number of rotatable bonds is 4. The Morgan fingerprint density at radius 2 is 1.44 bits per heavy atom. The maximum absolute atomic E-state index is 6.21. The van der Waals surface area contributed by atoms with Gasteiger partial charge in [-0.05, 0) is 85.8 Å². The van der Waals surface area contributed by atoms with Crippen molar-refractivity contribution in [3.8, 4) is 5.75 Å². The summed E-state index contributed by atoms with van der Waals surface area (Å²) >= 11 is 0. The minimum atomic E-state index is 0.642. The molecular weight excluding hydrogens is 304 g/mol. The van der Waals surface area contributed by atoms with E-state index in [0.717, 1.165) is 17.6 Å². The number of benzene rings is 2. The average molecular weight is 337 g/mol. The third-order valence-electron chi connectivity index (χ3n) is 5.92. The molecule has 2 aromatic carbocycles. The van der Waals surface area contributed by atoms with Gasteiger partial charge in [0.15, 0.2) is 0 Å². The summed E-state index contributed by atoms with van der Waals surface area (Å²) in [6.07, 6.45) is 5.41. The van der Waals surface area contributed by atoms with Crippen LogP contribution in [-0.4, -0.2) is 0 Å². The number of hydrogen-bond acceptors (Lipinski definition) is 1. The Bertz CT molecular complexity index is 713. The normalized spacial score (nSPS) is 20.5. The van der Waals surface area contributed by atoms with Gasteiger partial charge in [-0.1, -0.05) is 50.1 Å². The summed E-state index contributed by atoms with van der Waals surface area (Å²) in [5.74, 6) is 2.70. The minimum Gasteiger partial charge on any atom is -0.488 e. The molecule has 25 heavy (non-hydrogen) atoms. The summed E-state index contributed by atoms with van der Waals surface area (Å²) in [5.41, 5.74) is 7.97. The summed E-state index contributed by atoms with van der Waals surface area (Å²) in [7, 11) is 0. The standard InChI is InChI=1S/C24H32O/c1-16-6-10-22(11-7-16)23-13-19(4)24(20(5)14-23)25-15-21-9-8-17(2)18(3)12-21/h8-9,12-14,16,22H,6-7,10-11,15H2,1-5H3. The van der Waals surface area contributed by atoms with Crippen molar-refractivity contribution in [2.45, 2.75) is 72.8 Å². The Labute approximate surface area is 153 Å². The Morgan fingerprint density at radius 1 is 0.800 bits per heavy atom. The lowest BCUT2D eigenvalue weighted by Gasteiger charge is -2.27. The van der Waals surface area contributed by atoms with Crippen molar-refractivity contribution < 1.29 is 4.74 Å². The summed E-state index contributed by atoms with van der Waals surface area (Å²) in [5, 5.41) is 0. The lowest BCUT2D eigenvalue weighted by Crippen LogP contribution is -2.11. The predicted octanol–water partition coefficient (Wildman–Crippen LogP) is 6.79. The molecule has 0 aromatic heterocycles. The summed E-state index contributed by atoms with van der Waals surface area (Å²) in [4.78, 5) is 0. The van der Waals surface area contributed by atoms with Gasteiger partial charge >= 0.3 is 0 Å². The fourth-order valence-corrected chi connectivity index (χ4v) is 4.09. The molecule has 0 amide bonds. The second-order valence-electron chi connectivity index (χ2n) is 8.15. The van der Waals surface area contributed by atoms with Gasteiger partial charge in [0.25, 0.3) is 0 Å². The molecule has 1 aliphatic carbocycles. The summed E-state index contributed by atoms with van der Waals surface area (Å²) in [6, 6.07) is 11.3. The molecule has 0 heterocycles. The van der Waals surface area contributed by atoms with E-state index in [1.807, 2.05) is 0 Å². The maximum Gasteiger partial charge on any atom is 0.125 e. The monoisotopic (exact) mass is 336 g/mol. The van der Waals surface area contributed by atoms with Crippen LogP contribution in [0, 0.1) is 33.6 Å². The molecule has 2 aromatic rings. The number of ether oxygens (including phenoxy) is 1. The first-order valence-electron chi connectivity index (χ1n) is 9.74. The molecule has 1 fully saturated rings. The third kappa shape index (κ3) is 4.26. The summed E-state index contributed by atoms with van der Waals surface area (Å²) in [6.45, 7) is 11.7. The molecule has 134 valence electrons. The highest BCUT2D eigenvalue weighted by Crippen LogP contribution is 2.38. The van der Waals surface area contributed by atoms with Crippen molar-refractivity contribution in [1.82, 2.24) is 0 Å². The molecule has 3 rings (SSSR count). The fraction of sp³-hybridized carbons (Fsp3) is 0.500. The zero-order valence-electron chi connectivity index (χ0n) is 16.5. The molecular formula is C24H32O. The van der Waals surface area contributed by atoms with Gasteiger partial charge in [-0.25, -0.2) is 0 Å². The van der Waals surface area contributed by atoms with Gasteiger partial charge in [0.2, 0.25) is 0 Å². The van der Waals surface area contributed by atoms with Gasteiger partial charge in [-0.2, -0.15) is 0 Å². The predicted molar refractivity (Wildman–Crippen MR) is 107 cm³/mol. The van der Waals surface area contributed by atoms with Crippen LogP contribution in [-0.2, 0) is 6.61 Å². The van der Waals surface area contributed by atoms with Crippen molar-refractivity contribution in [1.29, 1.82) is 0 Å². The zero-order chi connectivity index (χ0) is 18.0. The second kappa shape index (κ2) is 7.64. The van der Waals surface area contributed by atoms with Crippen molar-refractivity contribution in [3.05, 3.63) is 63.7 Å². The SMILES string of the molecule is Cc1ccc(COc2c(C)cc(C3CCC(C)CC3)cc2C)cc1C. The van der Waals surface area contributed by atoms with Crippen molar-refractivity contribution >= 4 is 0 Å². The molecule has 0 bridgehead atoms. The van der Waals surface area contributed by atoms with Gasteiger partial charge in [0.1, 0.15) is 12.4 Å². The van der Waals surface area contributed by atoms with Gasteiger partial charge in [0, 0.05) is 0 Å². The Hall–Kier alpha value is -1.76. The molecule has 0 spiro atoms. The van der Waals surface area contributed by atoms with Crippen LogP contribution >= 0.6 is 0 Å². The quantitative estimate of drug-likeness (QED) is 0.597. The second-order valence-corrected chi connectivity index (χ2v) is 8.15. The first-order valence-corrected chi connectivity index (χ1v) is 9.74. The molecule has 0 unspecified atom stereocenters. The van der Waals surface area contributed by atoms with E-state index in [-0.39, 0.29) is 0 Å². The highest BCUT2D eigenvalue weighted by molar-refractivity contribution is 5.44. The van der Waals surface area contributed by atoms with E-state index >= 15 is 0 Å². The van der Waals surface area contributed by atoms with Crippen LogP contribution < -0.4 is 4.74 Å². The van der Waals surface area contributed by atoms with Crippen molar-refractivity contribution in [2.75, 3.05) is 0 Å². The number of aryl methyl sites for hydroxylation is 4. The first kappa shape index (κ1) is 18.0. The first-order chi connectivity index (χ1) is 11.9. The molecule has 0 atom stereocenters. The van der Waals surface area contributed by atoms with Gasteiger partial charge in [0.05, 0.1) is 0 Å². The van der Waals surface area contributed by atoms with E-state index in [4.69, 9.17) is 4.74 Å². The topological polar surface area (TPSA) is 9.23 Å². The molecule has 0 aliphatic heterocycles. The van der Waals surface area contributed by atoms with Gasteiger partial charge in [-0.3, -0.25) is 0 Å². The maximum atomic E-state index is 6.21. The molecule has 1 heteroatoms. The van der Waals surface area contributed by atoms with E-state index in [2.05, 4.69) is 65.0 Å². The Balaban J connectivity index is 1.72. The van der Waals surface area contributed by atoms with E-state index in [1.165, 1.54) is 59.1 Å². The van der Waals surface area contributed by atoms with E-state index in [9.17, 15) is 0 Å². The molecule has 1 saturated carbocycles. The van der Waals surface area contributed by atoms with Crippen molar-refractivity contribution in [2.24, 2.45) is 5.92 Å². The fourth-order valence-electron chi connectivity index (χ4n) is 4.09. The van der Waals surface area contributed by atoms with Crippen LogP contribution in [0.15, 0.2) is 30.3 Å². The third-order valence-corrected chi connectivity index (χ3v) is 5.92. The molecule has 0 saturated heterocycles. The lowest BCUT2D eigenvalue weighted by molar-refractivity contribution is 0.301. The molecule has 1 aliphatic rings. The van der Waals surface area contributed by atoms with Crippen LogP contribution in [0.5, 0.6) is 5.75 Å². The summed E-state index contributed by atoms with van der Waals surface area (Å²) < 4.78 is 6.21. The van der Waals surface area contributed by atoms with Crippen LogP contribution in [0.25, 0.3) is 0 Å². The van der Waals surface area contributed by atoms with E-state index < -0.39 is 0 Å². The average Bonchev–Trinajstić information content (AvgIpc) is 2.57. The number of hydrogen-bond donors (Lipinski definition) is 0. The largest absolute Gasteiger partial charge is 0.488 e. The zero-order valence-corrected chi connectivity index (χ0v) is 16.5. The highest BCUT2D eigenvalue weighted by Gasteiger charge is 2.21. The molecule has 1 nitrogen and oxygen atoms in total.